The van der Waals surface area contributed by atoms with Gasteiger partial charge in [0.25, 0.3) is 0 Å². The lowest BCUT2D eigenvalue weighted by Crippen LogP contribution is -2.11. The van der Waals surface area contributed by atoms with Crippen LogP contribution in [0.4, 0.5) is 0 Å². The summed E-state index contributed by atoms with van der Waals surface area (Å²) in [7, 11) is 2.04. The van der Waals surface area contributed by atoms with Crippen LogP contribution in [-0.4, -0.2) is 14.2 Å². The molecule has 1 saturated carbocycles. The molecule has 3 nitrogen and oxygen atoms in total. The fourth-order valence-electron chi connectivity index (χ4n) is 2.33. The molecule has 2 aromatic heterocycles. The summed E-state index contributed by atoms with van der Waals surface area (Å²) in [6, 6.07) is 0. The third kappa shape index (κ3) is 1.22. The number of nitrogens with zero attached hydrogens (tertiary/aromatic N) is 3. The van der Waals surface area contributed by atoms with Crippen LogP contribution in [-0.2, 0) is 12.9 Å². The Labute approximate surface area is 93.6 Å². The van der Waals surface area contributed by atoms with Gasteiger partial charge in [-0.3, -0.25) is 0 Å². The number of rotatable bonds is 2. The van der Waals surface area contributed by atoms with Gasteiger partial charge in [-0.05, 0) is 12.8 Å². The van der Waals surface area contributed by atoms with Crippen molar-refractivity contribution in [3.63, 3.8) is 0 Å². The van der Waals surface area contributed by atoms with E-state index in [1.807, 2.05) is 24.0 Å². The first-order valence-corrected chi connectivity index (χ1v) is 5.93. The average molecular weight is 224 g/mol. The normalized spacial score (nSPS) is 17.2. The molecule has 80 valence electrons. The van der Waals surface area contributed by atoms with E-state index in [1.165, 1.54) is 30.5 Å². The summed E-state index contributed by atoms with van der Waals surface area (Å²) in [6.45, 7) is 0. The highest BCUT2D eigenvalue weighted by Crippen LogP contribution is 2.38. The molecule has 3 rings (SSSR count). The molecule has 1 fully saturated rings. The predicted octanol–water partition coefficient (Wildman–Crippen LogP) is 2.68. The first kappa shape index (κ1) is 9.28. The molecule has 4 heteroatoms. The molecule has 2 heterocycles. The first-order chi connectivity index (χ1) is 7.31. The van der Waals surface area contributed by atoms with E-state index in [-0.39, 0.29) is 0 Å². The third-order valence-electron chi connectivity index (χ3n) is 3.40. The number of hydrogen-bond acceptors (Lipinski definition) is 1. The summed E-state index contributed by atoms with van der Waals surface area (Å²) in [5, 5.41) is 4.64. The molecule has 0 aliphatic heterocycles. The number of alkyl halides is 1. The van der Waals surface area contributed by atoms with Gasteiger partial charge < -0.3 is 4.57 Å². The average Bonchev–Trinajstić information content (AvgIpc) is 2.64. The van der Waals surface area contributed by atoms with Gasteiger partial charge in [0.1, 0.15) is 5.65 Å². The van der Waals surface area contributed by atoms with E-state index in [0.29, 0.717) is 11.8 Å². The van der Waals surface area contributed by atoms with Gasteiger partial charge in [0, 0.05) is 30.9 Å². The Morgan fingerprint density at radius 2 is 2.27 bits per heavy atom. The summed E-state index contributed by atoms with van der Waals surface area (Å²) >= 11 is 6.04. The monoisotopic (exact) mass is 223 g/mol. The first-order valence-electron chi connectivity index (χ1n) is 5.39. The Morgan fingerprint density at radius 1 is 1.47 bits per heavy atom. The highest BCUT2D eigenvalue weighted by atomic mass is 35.5. The molecule has 0 aromatic carbocycles. The van der Waals surface area contributed by atoms with Gasteiger partial charge in [0.05, 0.1) is 11.6 Å². The van der Waals surface area contributed by atoms with Crippen LogP contribution in [0.3, 0.4) is 0 Å². The van der Waals surface area contributed by atoms with E-state index in [4.69, 9.17) is 11.6 Å². The number of aryl methyl sites for hydroxylation is 1. The highest BCUT2D eigenvalue weighted by Gasteiger charge is 2.26. The van der Waals surface area contributed by atoms with E-state index in [1.54, 1.807) is 0 Å². The van der Waals surface area contributed by atoms with Gasteiger partial charge in [-0.2, -0.15) is 5.10 Å². The summed E-state index contributed by atoms with van der Waals surface area (Å²) in [4.78, 5) is 0. The van der Waals surface area contributed by atoms with Crippen molar-refractivity contribution in [3.05, 3.63) is 23.7 Å². The minimum Gasteiger partial charge on any atom is -0.334 e. The second-order valence-corrected chi connectivity index (χ2v) is 4.57. The lowest BCUT2D eigenvalue weighted by molar-refractivity contribution is 0.408. The summed E-state index contributed by atoms with van der Waals surface area (Å²) in [5.41, 5.74) is 3.59. The van der Waals surface area contributed by atoms with Crippen LogP contribution in [0.25, 0.3) is 5.65 Å². The van der Waals surface area contributed by atoms with E-state index in [0.717, 1.165) is 5.65 Å². The number of hydrogen-bond donors (Lipinski definition) is 0. The van der Waals surface area contributed by atoms with Gasteiger partial charge in [-0.25, -0.2) is 4.52 Å². The number of aromatic nitrogens is 3. The zero-order valence-electron chi connectivity index (χ0n) is 8.78. The van der Waals surface area contributed by atoms with Crippen molar-refractivity contribution in [2.75, 3.05) is 0 Å². The predicted molar refractivity (Wildman–Crippen MR) is 60.3 cm³/mol. The molecular weight excluding hydrogens is 210 g/mol. The Morgan fingerprint density at radius 3 is 2.87 bits per heavy atom. The molecule has 0 amide bonds. The zero-order chi connectivity index (χ0) is 10.4. The minimum atomic E-state index is 0.563. The molecule has 0 radical (unpaired) electrons. The van der Waals surface area contributed by atoms with Crippen LogP contribution in [0.2, 0.25) is 0 Å². The molecular formula is C11H14ClN3. The Hall–Kier alpha value is -0.960. The topological polar surface area (TPSA) is 22.2 Å². The maximum atomic E-state index is 6.04. The lowest BCUT2D eigenvalue weighted by Gasteiger charge is -2.24. The molecule has 0 spiro atoms. The fraction of sp³-hybridized carbons (Fsp3) is 0.545. The third-order valence-corrected chi connectivity index (χ3v) is 3.67. The standard InChI is InChI=1S/C11H14ClN3/c1-14-5-6-15-11(14)9(7-12)10(13-15)8-3-2-4-8/h5-6,8H,2-4,7H2,1H3. The second-order valence-electron chi connectivity index (χ2n) is 4.30. The van der Waals surface area contributed by atoms with Gasteiger partial charge in [-0.1, -0.05) is 6.42 Å². The largest absolute Gasteiger partial charge is 0.334 e. The molecule has 0 N–H and O–H groups in total. The van der Waals surface area contributed by atoms with Crippen LogP contribution in [0.15, 0.2) is 12.4 Å². The molecule has 0 saturated heterocycles. The van der Waals surface area contributed by atoms with Crippen molar-refractivity contribution in [2.24, 2.45) is 7.05 Å². The highest BCUT2D eigenvalue weighted by molar-refractivity contribution is 6.17. The summed E-state index contributed by atoms with van der Waals surface area (Å²) in [6.07, 6.45) is 7.89. The van der Waals surface area contributed by atoms with Crippen LogP contribution in [0.1, 0.15) is 36.4 Å². The van der Waals surface area contributed by atoms with Gasteiger partial charge in [0.15, 0.2) is 0 Å². The Kier molecular flexibility index (Phi) is 2.02. The zero-order valence-corrected chi connectivity index (χ0v) is 9.54. The van der Waals surface area contributed by atoms with Crippen molar-refractivity contribution in [1.82, 2.24) is 14.2 Å². The second kappa shape index (κ2) is 3.27. The number of halogens is 1. The van der Waals surface area contributed by atoms with E-state index >= 15 is 0 Å². The fourth-order valence-corrected chi connectivity index (χ4v) is 2.58. The van der Waals surface area contributed by atoms with Crippen molar-refractivity contribution >= 4 is 17.2 Å². The molecule has 0 bridgehead atoms. The molecule has 1 aliphatic carbocycles. The van der Waals surface area contributed by atoms with Gasteiger partial charge in [-0.15, -0.1) is 11.6 Å². The molecule has 15 heavy (non-hydrogen) atoms. The van der Waals surface area contributed by atoms with Crippen LogP contribution >= 0.6 is 11.6 Å². The number of fused-ring (bicyclic) bond motifs is 1. The minimum absolute atomic E-state index is 0.563. The molecule has 1 aliphatic rings. The van der Waals surface area contributed by atoms with Gasteiger partial charge in [0.2, 0.25) is 0 Å². The number of imidazole rings is 1. The van der Waals surface area contributed by atoms with Crippen molar-refractivity contribution in [1.29, 1.82) is 0 Å². The van der Waals surface area contributed by atoms with Gasteiger partial charge >= 0.3 is 0 Å². The molecule has 0 atom stereocenters. The lowest BCUT2D eigenvalue weighted by atomic mass is 9.82. The van der Waals surface area contributed by atoms with E-state index < -0.39 is 0 Å². The summed E-state index contributed by atoms with van der Waals surface area (Å²) < 4.78 is 4.04. The smallest absolute Gasteiger partial charge is 0.140 e. The van der Waals surface area contributed by atoms with Crippen molar-refractivity contribution in [2.45, 2.75) is 31.1 Å². The van der Waals surface area contributed by atoms with Crippen LogP contribution in [0.5, 0.6) is 0 Å². The van der Waals surface area contributed by atoms with Crippen molar-refractivity contribution < 1.29 is 0 Å². The van der Waals surface area contributed by atoms with E-state index in [9.17, 15) is 0 Å². The maximum absolute atomic E-state index is 6.04. The Bertz CT molecular complexity index is 493. The Balaban J connectivity index is 2.20. The molecule has 0 unspecified atom stereocenters. The van der Waals surface area contributed by atoms with Crippen molar-refractivity contribution in [3.8, 4) is 0 Å². The van der Waals surface area contributed by atoms with Crippen LogP contribution < -0.4 is 0 Å². The molecule has 2 aromatic rings. The summed E-state index contributed by atoms with van der Waals surface area (Å²) in [5.74, 6) is 1.21. The van der Waals surface area contributed by atoms with Crippen LogP contribution in [0, 0.1) is 0 Å². The maximum Gasteiger partial charge on any atom is 0.140 e. The quantitative estimate of drug-likeness (QED) is 0.718. The SMILES string of the molecule is Cn1ccn2nc(C3CCC3)c(CCl)c12. The van der Waals surface area contributed by atoms with E-state index in [2.05, 4.69) is 9.67 Å².